The highest BCUT2D eigenvalue weighted by molar-refractivity contribution is 5.95. The van der Waals surface area contributed by atoms with E-state index in [1.165, 1.54) is 0 Å². The lowest BCUT2D eigenvalue weighted by molar-refractivity contribution is -0.143. The molecule has 0 bridgehead atoms. The zero-order valence-electron chi connectivity index (χ0n) is 15.0. The van der Waals surface area contributed by atoms with Crippen LogP contribution in [0, 0.1) is 26.2 Å². The molecule has 7 heteroatoms. The van der Waals surface area contributed by atoms with Gasteiger partial charge in [-0.1, -0.05) is 0 Å². The summed E-state index contributed by atoms with van der Waals surface area (Å²) in [5, 5.41) is 11.0. The first-order valence-corrected chi connectivity index (χ1v) is 8.40. The molecule has 2 heterocycles. The number of carbonyl (C=O) groups is 2. The molecule has 0 aromatic carbocycles. The van der Waals surface area contributed by atoms with E-state index < -0.39 is 5.66 Å². The Balaban J connectivity index is 1.92. The summed E-state index contributed by atoms with van der Waals surface area (Å²) in [6.45, 7) is 6.36. The zero-order chi connectivity index (χ0) is 18.4. The number of terminal acetylenes is 1. The number of hydrogen-bond acceptors (Lipinski definition) is 5. The van der Waals surface area contributed by atoms with Gasteiger partial charge in [-0.15, -0.1) is 12.3 Å². The summed E-state index contributed by atoms with van der Waals surface area (Å²) in [5.41, 5.74) is 1.74. The molecule has 1 aliphatic rings. The normalized spacial score (nSPS) is 14.0. The first-order chi connectivity index (χ1) is 11.9. The van der Waals surface area contributed by atoms with E-state index in [-0.39, 0.29) is 18.4 Å². The highest BCUT2D eigenvalue weighted by Crippen LogP contribution is 2.36. The fourth-order valence-corrected chi connectivity index (χ4v) is 2.75. The Labute approximate surface area is 147 Å². The largest absolute Gasteiger partial charge is 0.465 e. The van der Waals surface area contributed by atoms with Gasteiger partial charge in [0.25, 0.3) is 5.91 Å². The number of aryl methyl sites for hydroxylation is 1. The van der Waals surface area contributed by atoms with Crippen molar-refractivity contribution in [2.75, 3.05) is 13.2 Å². The molecule has 0 radical (unpaired) electrons. The highest BCUT2D eigenvalue weighted by atomic mass is 16.5. The van der Waals surface area contributed by atoms with E-state index in [2.05, 4.69) is 21.5 Å². The van der Waals surface area contributed by atoms with Crippen molar-refractivity contribution in [2.45, 2.75) is 52.2 Å². The molecule has 2 rings (SSSR count). The fraction of sp³-hybridized carbons (Fsp3) is 0.556. The van der Waals surface area contributed by atoms with E-state index in [0.29, 0.717) is 38.0 Å². The predicted molar refractivity (Wildman–Crippen MR) is 93.1 cm³/mol. The Morgan fingerprint density at radius 3 is 2.68 bits per heavy atom. The van der Waals surface area contributed by atoms with Gasteiger partial charge in [0.15, 0.2) is 5.66 Å². The van der Waals surface area contributed by atoms with E-state index in [4.69, 9.17) is 11.2 Å². The first-order valence-electron chi connectivity index (χ1n) is 8.40. The Bertz CT molecular complexity index is 721. The summed E-state index contributed by atoms with van der Waals surface area (Å²) in [4.78, 5) is 24.1. The maximum atomic E-state index is 12.4. The van der Waals surface area contributed by atoms with Crippen LogP contribution in [0.1, 0.15) is 47.9 Å². The van der Waals surface area contributed by atoms with Crippen LogP contribution in [0.5, 0.6) is 0 Å². The second-order valence-electron chi connectivity index (χ2n) is 6.07. The monoisotopic (exact) mass is 344 g/mol. The zero-order valence-corrected chi connectivity index (χ0v) is 15.0. The molecule has 7 nitrogen and oxygen atoms in total. The number of ether oxygens (including phenoxy) is 1. The third kappa shape index (κ3) is 4.69. The van der Waals surface area contributed by atoms with Crippen LogP contribution in [0.25, 0.3) is 0 Å². The second kappa shape index (κ2) is 7.97. The van der Waals surface area contributed by atoms with Crippen molar-refractivity contribution in [2.24, 2.45) is 10.2 Å². The fourth-order valence-electron chi connectivity index (χ4n) is 2.75. The molecule has 1 N–H and O–H groups in total. The van der Waals surface area contributed by atoms with Gasteiger partial charge in [0.2, 0.25) is 0 Å². The number of esters is 1. The van der Waals surface area contributed by atoms with Gasteiger partial charge in [-0.25, -0.2) is 0 Å². The summed E-state index contributed by atoms with van der Waals surface area (Å²) in [6, 6.07) is 1.78. The van der Waals surface area contributed by atoms with Gasteiger partial charge >= 0.3 is 5.97 Å². The summed E-state index contributed by atoms with van der Waals surface area (Å²) in [5.74, 6) is 2.10. The molecule has 1 aliphatic heterocycles. The van der Waals surface area contributed by atoms with Gasteiger partial charge in [-0.05, 0) is 26.8 Å². The molecule has 0 spiro atoms. The van der Waals surface area contributed by atoms with E-state index in [9.17, 15) is 9.59 Å². The van der Waals surface area contributed by atoms with E-state index in [1.54, 1.807) is 17.6 Å². The van der Waals surface area contributed by atoms with E-state index in [0.717, 1.165) is 11.4 Å². The highest BCUT2D eigenvalue weighted by Gasteiger charge is 2.38. The average molecular weight is 344 g/mol. The Morgan fingerprint density at radius 1 is 1.36 bits per heavy atom. The maximum absolute atomic E-state index is 12.4. The average Bonchev–Trinajstić information content (AvgIpc) is 3.29. The van der Waals surface area contributed by atoms with E-state index >= 15 is 0 Å². The minimum atomic E-state index is -0.402. The van der Waals surface area contributed by atoms with Crippen molar-refractivity contribution >= 4 is 11.9 Å². The number of aromatic nitrogens is 1. The van der Waals surface area contributed by atoms with Gasteiger partial charge in [0.1, 0.15) is 6.54 Å². The lowest BCUT2D eigenvalue weighted by Crippen LogP contribution is -2.28. The first kappa shape index (κ1) is 18.7. The van der Waals surface area contributed by atoms with Crippen molar-refractivity contribution in [3.05, 3.63) is 23.0 Å². The standard InChI is InChI=1S/C18H24N4O3/c1-5-7-8-18(20-21-18)9-10-19-17(24)15-11-13(3)22(14(15)4)12-16(23)25-6-2/h1,11H,6-10,12H2,2-4H3,(H,19,24). The minimum absolute atomic E-state index is 0.103. The molecule has 0 aliphatic carbocycles. The third-order valence-electron chi connectivity index (χ3n) is 4.27. The quantitative estimate of drug-likeness (QED) is 0.551. The molecule has 25 heavy (non-hydrogen) atoms. The van der Waals surface area contributed by atoms with Crippen molar-refractivity contribution in [3.63, 3.8) is 0 Å². The topological polar surface area (TPSA) is 85.0 Å². The molecule has 0 saturated heterocycles. The smallest absolute Gasteiger partial charge is 0.325 e. The van der Waals surface area contributed by atoms with Crippen LogP contribution in [-0.4, -0.2) is 35.3 Å². The molecule has 0 unspecified atom stereocenters. The minimum Gasteiger partial charge on any atom is -0.465 e. The molecular weight excluding hydrogens is 320 g/mol. The summed E-state index contributed by atoms with van der Waals surface area (Å²) in [7, 11) is 0. The van der Waals surface area contributed by atoms with Gasteiger partial charge in [-0.3, -0.25) is 9.59 Å². The van der Waals surface area contributed by atoms with Crippen molar-refractivity contribution in [3.8, 4) is 12.3 Å². The van der Waals surface area contributed by atoms with Crippen molar-refractivity contribution in [1.82, 2.24) is 9.88 Å². The molecule has 0 atom stereocenters. The molecular formula is C18H24N4O3. The molecule has 1 aromatic rings. The maximum Gasteiger partial charge on any atom is 0.325 e. The lowest BCUT2D eigenvalue weighted by Gasteiger charge is -2.11. The lowest BCUT2D eigenvalue weighted by atomic mass is 10.0. The Morgan fingerprint density at radius 2 is 2.08 bits per heavy atom. The van der Waals surface area contributed by atoms with E-state index in [1.807, 2.05) is 13.8 Å². The number of amides is 1. The molecule has 1 amide bonds. The molecule has 0 saturated carbocycles. The summed E-state index contributed by atoms with van der Waals surface area (Å²) >= 11 is 0. The Hall–Kier alpha value is -2.62. The Kier molecular flexibility index (Phi) is 5.97. The summed E-state index contributed by atoms with van der Waals surface area (Å²) in [6.07, 6.45) is 7.24. The number of carbonyl (C=O) groups excluding carboxylic acids is 2. The summed E-state index contributed by atoms with van der Waals surface area (Å²) < 4.78 is 6.76. The van der Waals surface area contributed by atoms with Crippen LogP contribution >= 0.6 is 0 Å². The van der Waals surface area contributed by atoms with Crippen molar-refractivity contribution in [1.29, 1.82) is 0 Å². The van der Waals surface area contributed by atoms with Crippen LogP contribution in [0.15, 0.2) is 16.3 Å². The van der Waals surface area contributed by atoms with Crippen molar-refractivity contribution < 1.29 is 14.3 Å². The predicted octanol–water partition coefficient (Wildman–Crippen LogP) is 2.36. The van der Waals surface area contributed by atoms with Crippen LogP contribution in [0.3, 0.4) is 0 Å². The van der Waals surface area contributed by atoms with Gasteiger partial charge in [0, 0.05) is 37.2 Å². The molecule has 1 aromatic heterocycles. The SMILES string of the molecule is C#CCCC1(CCNC(=O)c2cc(C)n(CC(=O)OCC)c2C)N=N1. The molecule has 0 fully saturated rings. The van der Waals surface area contributed by atoms with Gasteiger partial charge < -0.3 is 14.6 Å². The van der Waals surface area contributed by atoms with Crippen LogP contribution in [0.4, 0.5) is 0 Å². The molecule has 134 valence electrons. The third-order valence-corrected chi connectivity index (χ3v) is 4.27. The second-order valence-corrected chi connectivity index (χ2v) is 6.07. The number of rotatable bonds is 9. The van der Waals surface area contributed by atoms with Gasteiger partial charge in [-0.2, -0.15) is 10.2 Å². The van der Waals surface area contributed by atoms with Gasteiger partial charge in [0.05, 0.1) is 12.2 Å². The number of nitrogens with zero attached hydrogens (tertiary/aromatic N) is 3. The van der Waals surface area contributed by atoms with Crippen LogP contribution in [0.2, 0.25) is 0 Å². The number of hydrogen-bond donors (Lipinski definition) is 1. The van der Waals surface area contributed by atoms with Crippen LogP contribution < -0.4 is 5.32 Å². The number of nitrogens with one attached hydrogen (secondary N) is 1. The van der Waals surface area contributed by atoms with Crippen LogP contribution in [-0.2, 0) is 16.1 Å².